The maximum atomic E-state index is 10.9. The van der Waals surface area contributed by atoms with Gasteiger partial charge < -0.3 is 49.8 Å². The number of nitrogens with one attached hydrogen (secondary N) is 1. The smallest absolute Gasteiger partial charge is 0.223 e. The van der Waals surface area contributed by atoms with Crippen LogP contribution in [0.4, 0.5) is 0 Å². The lowest BCUT2D eigenvalue weighted by Crippen LogP contribution is -2.25. The highest BCUT2D eigenvalue weighted by molar-refractivity contribution is 5.80. The van der Waals surface area contributed by atoms with Gasteiger partial charge in [0.15, 0.2) is 0 Å². The summed E-state index contributed by atoms with van der Waals surface area (Å²) in [4.78, 5) is 10.9. The van der Waals surface area contributed by atoms with Gasteiger partial charge in [0.05, 0.1) is 19.3 Å². The quantitative estimate of drug-likeness (QED) is 0.0482. The zero-order chi connectivity index (χ0) is 50.0. The average Bonchev–Trinajstić information content (AvgIpc) is 4.11. The highest BCUT2D eigenvalue weighted by atomic mass is 16.6. The zero-order valence-corrected chi connectivity index (χ0v) is 45.2. The molecule has 384 valence electrons. The Balaban J connectivity index is -0.0000000610. The number of aliphatic hydroxyl groups excluding tert-OH is 5. The van der Waals surface area contributed by atoms with E-state index in [-0.39, 0.29) is 45.8 Å². The summed E-state index contributed by atoms with van der Waals surface area (Å²) in [7, 11) is 0. The molecule has 1 rings (SSSR count). The SMILES string of the molecule is CCC.CCC.CCC.CCC.CCC.CCC(CC)(CC)COCO.CCC(CC)COCO.CCC(CC)OCO.CCCNC(=O)C1CC1.CCCOCO.CCO. The Morgan fingerprint density at radius 1 is 0.541 bits per heavy atom. The van der Waals surface area contributed by atoms with Crippen molar-refractivity contribution in [2.24, 2.45) is 17.3 Å². The summed E-state index contributed by atoms with van der Waals surface area (Å²) in [6.07, 6.45) is 18.3. The molecule has 1 amide bonds. The monoisotopic (exact) mass is 894 g/mol. The lowest BCUT2D eigenvalue weighted by atomic mass is 9.81. The van der Waals surface area contributed by atoms with Crippen molar-refractivity contribution in [1.29, 1.82) is 0 Å². The summed E-state index contributed by atoms with van der Waals surface area (Å²) in [5.41, 5.74) is 0.294. The molecule has 1 aliphatic rings. The molecule has 0 aliphatic heterocycles. The first-order valence-corrected chi connectivity index (χ1v) is 24.8. The third-order valence-corrected chi connectivity index (χ3v) is 7.51. The molecule has 1 aliphatic carbocycles. The molecule has 0 aromatic heterocycles. The van der Waals surface area contributed by atoms with Gasteiger partial charge >= 0.3 is 0 Å². The van der Waals surface area contributed by atoms with Crippen LogP contribution in [0.25, 0.3) is 0 Å². The van der Waals surface area contributed by atoms with Crippen LogP contribution in [0.1, 0.15) is 241 Å². The van der Waals surface area contributed by atoms with Crippen molar-refractivity contribution in [3.8, 4) is 0 Å². The first-order chi connectivity index (χ1) is 29.2. The van der Waals surface area contributed by atoms with Gasteiger partial charge in [0.2, 0.25) is 5.91 Å². The molecule has 0 atom stereocenters. The molecule has 0 radical (unpaired) electrons. The van der Waals surface area contributed by atoms with Crippen LogP contribution in [-0.2, 0) is 23.7 Å². The molecule has 1 fully saturated rings. The van der Waals surface area contributed by atoms with Gasteiger partial charge in [-0.25, -0.2) is 0 Å². The van der Waals surface area contributed by atoms with Gasteiger partial charge in [0, 0.05) is 25.7 Å². The Labute approximate surface area is 384 Å². The second-order valence-corrected chi connectivity index (χ2v) is 14.4. The van der Waals surface area contributed by atoms with Crippen molar-refractivity contribution in [2.75, 3.05) is 60.1 Å². The molecule has 0 heterocycles. The summed E-state index contributed by atoms with van der Waals surface area (Å²) < 4.78 is 19.3. The van der Waals surface area contributed by atoms with Gasteiger partial charge in [-0.3, -0.25) is 4.79 Å². The summed E-state index contributed by atoms with van der Waals surface area (Å²) in [6.45, 7) is 44.4. The molecule has 0 bridgehead atoms. The number of rotatable bonds is 21. The van der Waals surface area contributed by atoms with Crippen molar-refractivity contribution in [1.82, 2.24) is 5.32 Å². The molecule has 11 nitrogen and oxygen atoms in total. The Morgan fingerprint density at radius 3 is 1.10 bits per heavy atom. The van der Waals surface area contributed by atoms with E-state index in [2.05, 4.69) is 121 Å². The van der Waals surface area contributed by atoms with Gasteiger partial charge in [-0.2, -0.15) is 0 Å². The predicted molar refractivity (Wildman–Crippen MR) is 268 cm³/mol. The van der Waals surface area contributed by atoms with Gasteiger partial charge in [-0.15, -0.1) is 0 Å². The van der Waals surface area contributed by atoms with E-state index >= 15 is 0 Å². The second-order valence-electron chi connectivity index (χ2n) is 14.4. The third-order valence-electron chi connectivity index (χ3n) is 7.51. The maximum absolute atomic E-state index is 10.9. The van der Waals surface area contributed by atoms with Crippen LogP contribution in [0.2, 0.25) is 0 Å². The number of hydrogen-bond donors (Lipinski definition) is 6. The Bertz CT molecular complexity index is 575. The van der Waals surface area contributed by atoms with E-state index in [0.717, 1.165) is 77.2 Å². The topological polar surface area (TPSA) is 167 Å². The van der Waals surface area contributed by atoms with Crippen LogP contribution in [0, 0.1) is 17.3 Å². The van der Waals surface area contributed by atoms with Crippen LogP contribution >= 0.6 is 0 Å². The molecule has 61 heavy (non-hydrogen) atoms. The number of aliphatic hydroxyl groups is 5. The van der Waals surface area contributed by atoms with E-state index in [1.807, 2.05) is 20.8 Å². The fourth-order valence-corrected chi connectivity index (χ4v) is 3.64. The van der Waals surface area contributed by atoms with E-state index in [1.165, 1.54) is 32.1 Å². The molecular formula is C50H119NO10. The molecule has 0 spiro atoms. The minimum absolute atomic E-state index is 0.142. The van der Waals surface area contributed by atoms with E-state index in [4.69, 9.17) is 39.7 Å². The van der Waals surface area contributed by atoms with E-state index in [1.54, 1.807) is 6.92 Å². The van der Waals surface area contributed by atoms with Crippen LogP contribution < -0.4 is 5.32 Å². The fraction of sp³-hybridized carbons (Fsp3) is 0.980. The summed E-state index contributed by atoms with van der Waals surface area (Å²) in [6, 6.07) is 0. The van der Waals surface area contributed by atoms with Crippen molar-refractivity contribution >= 4 is 5.91 Å². The Kier molecular flexibility index (Phi) is 123. The predicted octanol–water partition coefficient (Wildman–Crippen LogP) is 13.1. The largest absolute Gasteiger partial charge is 0.397 e. The van der Waals surface area contributed by atoms with Gasteiger partial charge in [-0.05, 0) is 76.0 Å². The van der Waals surface area contributed by atoms with Gasteiger partial charge in [0.25, 0.3) is 0 Å². The lowest BCUT2D eigenvalue weighted by molar-refractivity contribution is -0.122. The van der Waals surface area contributed by atoms with Crippen LogP contribution in [0.3, 0.4) is 0 Å². The highest BCUT2D eigenvalue weighted by Crippen LogP contribution is 2.30. The van der Waals surface area contributed by atoms with Crippen LogP contribution in [-0.4, -0.2) is 97.7 Å². The van der Waals surface area contributed by atoms with Crippen molar-refractivity contribution in [3.63, 3.8) is 0 Å². The molecule has 6 N–H and O–H groups in total. The minimum Gasteiger partial charge on any atom is -0.397 e. The Hall–Kier alpha value is -0.890. The van der Waals surface area contributed by atoms with Crippen LogP contribution in [0.15, 0.2) is 0 Å². The van der Waals surface area contributed by atoms with E-state index in [9.17, 15) is 4.79 Å². The van der Waals surface area contributed by atoms with E-state index in [0.29, 0.717) is 37.1 Å². The molecule has 0 aromatic carbocycles. The van der Waals surface area contributed by atoms with Crippen molar-refractivity contribution in [3.05, 3.63) is 0 Å². The number of ether oxygens (including phenoxy) is 4. The highest BCUT2D eigenvalue weighted by Gasteiger charge is 2.28. The number of amides is 1. The number of hydrogen-bond acceptors (Lipinski definition) is 10. The first kappa shape index (κ1) is 83.6. The molecule has 0 saturated heterocycles. The van der Waals surface area contributed by atoms with Crippen molar-refractivity contribution < 1.29 is 49.3 Å². The first-order valence-electron chi connectivity index (χ1n) is 24.8. The van der Waals surface area contributed by atoms with Crippen molar-refractivity contribution in [2.45, 2.75) is 247 Å². The standard InChI is InChI=1S/C9H20O2.C7H13NO.C7H16O2.C6H14O2.C4H10O2.5C3H8.C2H6O/c1-4-9(5-2,6-3)7-11-8-10;1-2-5-8-7(9)6-3-4-6;1-3-7(4-2)5-9-6-8;1-3-6(4-2)8-5-7;1-2-3-6-4-5;5*1-3-2;1-2-3/h10H,4-8H2,1-3H3;6H,2-5H2,1H3,(H,8,9);7-8H,3-6H2,1-2H3;6-7H,3-5H2,1-2H3;5H,2-4H2,1H3;5*3H2,1-2H3;3H,2H2,1H3. The summed E-state index contributed by atoms with van der Waals surface area (Å²) >= 11 is 0. The molecule has 0 unspecified atom stereocenters. The lowest BCUT2D eigenvalue weighted by Gasteiger charge is -2.29. The number of carbonyl (C=O) groups is 1. The second kappa shape index (κ2) is 89.9. The summed E-state index contributed by atoms with van der Waals surface area (Å²) in [5.74, 6) is 1.26. The molecule has 1 saturated carbocycles. The summed E-state index contributed by atoms with van der Waals surface area (Å²) in [5, 5.41) is 43.5. The fourth-order valence-electron chi connectivity index (χ4n) is 3.64. The van der Waals surface area contributed by atoms with Gasteiger partial charge in [-0.1, -0.05) is 176 Å². The third kappa shape index (κ3) is 109. The maximum Gasteiger partial charge on any atom is 0.223 e. The molecule has 0 aromatic rings. The minimum atomic E-state index is -0.151. The number of carbonyl (C=O) groups excluding carboxylic acids is 1. The molecule has 11 heteroatoms. The molecular weight excluding hydrogens is 775 g/mol. The van der Waals surface area contributed by atoms with Gasteiger partial charge in [0.1, 0.15) is 27.2 Å². The normalized spacial score (nSPS) is 10.3. The Morgan fingerprint density at radius 2 is 0.902 bits per heavy atom. The zero-order valence-electron chi connectivity index (χ0n) is 45.2. The average molecular weight is 894 g/mol. The van der Waals surface area contributed by atoms with E-state index < -0.39 is 0 Å². The van der Waals surface area contributed by atoms with Crippen LogP contribution in [0.5, 0.6) is 0 Å².